The van der Waals surface area contributed by atoms with Crippen molar-refractivity contribution in [2.45, 2.75) is 9.79 Å². The Labute approximate surface area is 120 Å². The zero-order valence-corrected chi connectivity index (χ0v) is 11.8. The van der Waals surface area contributed by atoms with E-state index < -0.39 is 11.8 Å². The minimum atomic E-state index is -1.20. The second kappa shape index (κ2) is 5.71. The summed E-state index contributed by atoms with van der Waals surface area (Å²) in [5.41, 5.74) is -0.138. The Morgan fingerprint density at radius 1 is 1.11 bits per heavy atom. The molecule has 0 saturated heterocycles. The van der Waals surface area contributed by atoms with Crippen molar-refractivity contribution in [2.24, 2.45) is 0 Å². The maximum atomic E-state index is 14.0. The van der Waals surface area contributed by atoms with Gasteiger partial charge in [-0.1, -0.05) is 11.8 Å². The van der Waals surface area contributed by atoms with Gasteiger partial charge in [0.1, 0.15) is 5.82 Å². The summed E-state index contributed by atoms with van der Waals surface area (Å²) in [6.45, 7) is 0. The van der Waals surface area contributed by atoms with Gasteiger partial charge in [-0.3, -0.25) is 0 Å². The molecule has 0 amide bonds. The number of halogens is 3. The standard InChI is InChI=1S/C13H7BrF2O2S/c14-11-9(13(17)18)5-6-10(12(11)16)19-8-3-1-7(15)2-4-8/h1-6H,(H,17,18). The van der Waals surface area contributed by atoms with Gasteiger partial charge in [0.2, 0.25) is 0 Å². The molecule has 2 nitrogen and oxygen atoms in total. The first-order chi connectivity index (χ1) is 8.99. The molecule has 0 unspecified atom stereocenters. The molecule has 6 heteroatoms. The molecule has 0 fully saturated rings. The first-order valence-electron chi connectivity index (χ1n) is 5.13. The van der Waals surface area contributed by atoms with Crippen LogP contribution in [0.2, 0.25) is 0 Å². The van der Waals surface area contributed by atoms with Gasteiger partial charge >= 0.3 is 5.97 Å². The van der Waals surface area contributed by atoms with Crippen LogP contribution in [-0.2, 0) is 0 Å². The van der Waals surface area contributed by atoms with Gasteiger partial charge in [-0.25, -0.2) is 13.6 Å². The minimum absolute atomic E-state index is 0.0906. The van der Waals surface area contributed by atoms with E-state index in [0.717, 1.165) is 11.8 Å². The molecule has 2 rings (SSSR count). The summed E-state index contributed by atoms with van der Waals surface area (Å²) < 4.78 is 26.6. The number of carbonyl (C=O) groups is 1. The van der Waals surface area contributed by atoms with Crippen molar-refractivity contribution in [3.05, 3.63) is 58.1 Å². The van der Waals surface area contributed by atoms with Gasteiger partial charge in [0.15, 0.2) is 5.82 Å². The van der Waals surface area contributed by atoms with Crippen molar-refractivity contribution in [3.63, 3.8) is 0 Å². The molecule has 0 aliphatic carbocycles. The highest BCUT2D eigenvalue weighted by molar-refractivity contribution is 9.10. The van der Waals surface area contributed by atoms with Crippen LogP contribution in [0.4, 0.5) is 8.78 Å². The predicted octanol–water partition coefficient (Wildman–Crippen LogP) is 4.58. The highest BCUT2D eigenvalue weighted by atomic mass is 79.9. The zero-order chi connectivity index (χ0) is 14.0. The molecule has 98 valence electrons. The van der Waals surface area contributed by atoms with Crippen LogP contribution in [-0.4, -0.2) is 11.1 Å². The first-order valence-corrected chi connectivity index (χ1v) is 6.74. The number of aromatic carboxylic acids is 1. The summed E-state index contributed by atoms with van der Waals surface area (Å²) in [6, 6.07) is 8.32. The average Bonchev–Trinajstić information content (AvgIpc) is 2.37. The van der Waals surface area contributed by atoms with E-state index in [1.165, 1.54) is 36.4 Å². The van der Waals surface area contributed by atoms with Gasteiger partial charge in [-0.15, -0.1) is 0 Å². The Morgan fingerprint density at radius 3 is 2.32 bits per heavy atom. The third-order valence-corrected chi connectivity index (χ3v) is 4.14. The lowest BCUT2D eigenvalue weighted by atomic mass is 10.2. The Bertz CT molecular complexity index is 629. The van der Waals surface area contributed by atoms with Crippen molar-refractivity contribution in [1.82, 2.24) is 0 Å². The molecule has 0 aliphatic heterocycles. The lowest BCUT2D eigenvalue weighted by Crippen LogP contribution is -2.00. The van der Waals surface area contributed by atoms with E-state index in [0.29, 0.717) is 4.90 Å². The maximum absolute atomic E-state index is 14.0. The van der Waals surface area contributed by atoms with Gasteiger partial charge in [0.05, 0.1) is 10.0 Å². The fourth-order valence-electron chi connectivity index (χ4n) is 1.41. The van der Waals surface area contributed by atoms with Crippen LogP contribution in [0.15, 0.2) is 50.7 Å². The third-order valence-electron chi connectivity index (χ3n) is 2.32. The second-order valence-electron chi connectivity index (χ2n) is 3.60. The van der Waals surface area contributed by atoms with E-state index in [1.807, 2.05) is 0 Å². The Kier molecular flexibility index (Phi) is 4.21. The van der Waals surface area contributed by atoms with Crippen LogP contribution in [0.3, 0.4) is 0 Å². The molecular formula is C13H7BrF2O2S. The van der Waals surface area contributed by atoms with Gasteiger partial charge in [-0.2, -0.15) is 0 Å². The summed E-state index contributed by atoms with van der Waals surface area (Å²) in [5.74, 6) is -2.22. The van der Waals surface area contributed by atoms with Crippen LogP contribution in [0.25, 0.3) is 0 Å². The molecule has 2 aromatic carbocycles. The van der Waals surface area contributed by atoms with Crippen LogP contribution < -0.4 is 0 Å². The van der Waals surface area contributed by atoms with Crippen LogP contribution >= 0.6 is 27.7 Å². The van der Waals surface area contributed by atoms with Crippen molar-refractivity contribution < 1.29 is 18.7 Å². The van der Waals surface area contributed by atoms with Crippen molar-refractivity contribution in [1.29, 1.82) is 0 Å². The quantitative estimate of drug-likeness (QED) is 0.885. The van der Waals surface area contributed by atoms with E-state index in [2.05, 4.69) is 15.9 Å². The van der Waals surface area contributed by atoms with E-state index in [9.17, 15) is 13.6 Å². The molecule has 2 aromatic rings. The molecular weight excluding hydrogens is 338 g/mol. The van der Waals surface area contributed by atoms with E-state index >= 15 is 0 Å². The second-order valence-corrected chi connectivity index (χ2v) is 5.51. The minimum Gasteiger partial charge on any atom is -0.478 e. The Hall–Kier alpha value is -1.40. The monoisotopic (exact) mass is 344 g/mol. The summed E-state index contributed by atoms with van der Waals surface area (Å²) in [6.07, 6.45) is 0. The zero-order valence-electron chi connectivity index (χ0n) is 9.36. The predicted molar refractivity (Wildman–Crippen MR) is 71.6 cm³/mol. The third kappa shape index (κ3) is 3.13. The number of carboxylic acid groups (broad SMARTS) is 1. The van der Waals surface area contributed by atoms with Crippen molar-refractivity contribution in [2.75, 3.05) is 0 Å². The Balaban J connectivity index is 2.34. The Morgan fingerprint density at radius 2 is 1.74 bits per heavy atom. The van der Waals surface area contributed by atoms with Gasteiger partial charge in [0, 0.05) is 9.79 Å². The largest absolute Gasteiger partial charge is 0.478 e. The smallest absolute Gasteiger partial charge is 0.336 e. The lowest BCUT2D eigenvalue weighted by Gasteiger charge is -2.07. The number of carboxylic acids is 1. The van der Waals surface area contributed by atoms with Crippen LogP contribution in [0.5, 0.6) is 0 Å². The van der Waals surface area contributed by atoms with Crippen molar-refractivity contribution >= 4 is 33.7 Å². The molecule has 0 heterocycles. The topological polar surface area (TPSA) is 37.3 Å². The molecule has 0 aromatic heterocycles. The molecule has 1 N–H and O–H groups in total. The molecule has 0 spiro atoms. The van der Waals surface area contributed by atoms with Crippen LogP contribution in [0, 0.1) is 11.6 Å². The highest BCUT2D eigenvalue weighted by Gasteiger charge is 2.16. The molecule has 0 atom stereocenters. The summed E-state index contributed by atoms with van der Waals surface area (Å²) >= 11 is 4.02. The molecule has 0 bridgehead atoms. The fraction of sp³-hybridized carbons (Fsp3) is 0. The molecule has 0 aliphatic rings. The fourth-order valence-corrected chi connectivity index (χ4v) is 2.91. The molecule has 0 saturated carbocycles. The van der Waals surface area contributed by atoms with Gasteiger partial charge in [0.25, 0.3) is 0 Å². The maximum Gasteiger partial charge on any atom is 0.336 e. The summed E-state index contributed by atoms with van der Waals surface area (Å²) in [5, 5.41) is 8.86. The number of hydrogen-bond acceptors (Lipinski definition) is 2. The van der Waals surface area contributed by atoms with E-state index in [-0.39, 0.29) is 20.7 Å². The summed E-state index contributed by atoms with van der Waals surface area (Å²) in [4.78, 5) is 11.8. The van der Waals surface area contributed by atoms with Crippen molar-refractivity contribution in [3.8, 4) is 0 Å². The normalized spacial score (nSPS) is 10.5. The number of rotatable bonds is 3. The van der Waals surface area contributed by atoms with Crippen LogP contribution in [0.1, 0.15) is 10.4 Å². The van der Waals surface area contributed by atoms with E-state index in [4.69, 9.17) is 5.11 Å². The van der Waals surface area contributed by atoms with Gasteiger partial charge < -0.3 is 5.11 Å². The molecule has 0 radical (unpaired) electrons. The molecule has 19 heavy (non-hydrogen) atoms. The SMILES string of the molecule is O=C(O)c1ccc(Sc2ccc(F)cc2)c(F)c1Br. The summed E-state index contributed by atoms with van der Waals surface area (Å²) in [7, 11) is 0. The number of hydrogen-bond donors (Lipinski definition) is 1. The first kappa shape index (κ1) is 14.0. The highest BCUT2D eigenvalue weighted by Crippen LogP contribution is 2.34. The van der Waals surface area contributed by atoms with E-state index in [1.54, 1.807) is 0 Å². The van der Waals surface area contributed by atoms with Gasteiger partial charge in [-0.05, 0) is 52.3 Å². The number of benzene rings is 2. The lowest BCUT2D eigenvalue weighted by molar-refractivity contribution is 0.0695. The average molecular weight is 345 g/mol.